The van der Waals surface area contributed by atoms with Crippen LogP contribution >= 0.6 is 11.6 Å². The molecule has 0 atom stereocenters. The quantitative estimate of drug-likeness (QED) is 0.698. The second-order valence-corrected chi connectivity index (χ2v) is 3.36. The Morgan fingerprint density at radius 3 is 2.85 bits per heavy atom. The van der Waals surface area contributed by atoms with Crippen LogP contribution in [0.25, 0.3) is 0 Å². The van der Waals surface area contributed by atoms with E-state index in [4.69, 9.17) is 11.6 Å². The lowest BCUT2D eigenvalue weighted by atomic mass is 10.1. The molecule has 1 rings (SSSR count). The number of ketones is 1. The molecule has 2 nitrogen and oxygen atoms in total. The van der Waals surface area contributed by atoms with Gasteiger partial charge in [-0.2, -0.15) is 0 Å². The standard InChI is InChI=1S/C10H12ClNO/c1-3-4-9(13)10-8(11)6-5-7(2)12-10/h5-6H,3-4H2,1-2H3. The van der Waals surface area contributed by atoms with Gasteiger partial charge in [0.1, 0.15) is 5.69 Å². The highest BCUT2D eigenvalue weighted by Crippen LogP contribution is 2.16. The fourth-order valence-electron chi connectivity index (χ4n) is 1.08. The second-order valence-electron chi connectivity index (χ2n) is 2.96. The van der Waals surface area contributed by atoms with Gasteiger partial charge < -0.3 is 0 Å². The first-order chi connectivity index (χ1) is 6.15. The van der Waals surface area contributed by atoms with Gasteiger partial charge in [-0.25, -0.2) is 4.98 Å². The van der Waals surface area contributed by atoms with E-state index < -0.39 is 0 Å². The molecule has 0 N–H and O–H groups in total. The minimum absolute atomic E-state index is 0.0243. The molecule has 0 spiro atoms. The number of aromatic nitrogens is 1. The Bertz CT molecular complexity index is 323. The molecule has 0 aliphatic heterocycles. The average molecular weight is 198 g/mol. The molecule has 1 heterocycles. The highest BCUT2D eigenvalue weighted by Gasteiger charge is 2.10. The Kier molecular flexibility index (Phi) is 3.43. The predicted molar refractivity (Wildman–Crippen MR) is 53.2 cm³/mol. The van der Waals surface area contributed by atoms with E-state index in [2.05, 4.69) is 4.98 Å². The number of Topliss-reactive ketones (excluding diaryl/α,β-unsaturated/α-hetero) is 1. The maximum Gasteiger partial charge on any atom is 0.182 e. The lowest BCUT2D eigenvalue weighted by Gasteiger charge is -2.01. The summed E-state index contributed by atoms with van der Waals surface area (Å²) in [6.07, 6.45) is 1.33. The molecule has 0 radical (unpaired) electrons. The van der Waals surface area contributed by atoms with Crippen molar-refractivity contribution in [1.82, 2.24) is 4.98 Å². The minimum Gasteiger partial charge on any atom is -0.292 e. The fourth-order valence-corrected chi connectivity index (χ4v) is 1.29. The summed E-state index contributed by atoms with van der Waals surface area (Å²) in [5.41, 5.74) is 1.23. The van der Waals surface area contributed by atoms with Gasteiger partial charge in [0.15, 0.2) is 5.78 Å². The van der Waals surface area contributed by atoms with Gasteiger partial charge >= 0.3 is 0 Å². The second kappa shape index (κ2) is 4.38. The molecule has 13 heavy (non-hydrogen) atoms. The van der Waals surface area contributed by atoms with Gasteiger partial charge in [0.05, 0.1) is 5.02 Å². The Morgan fingerprint density at radius 1 is 1.54 bits per heavy atom. The van der Waals surface area contributed by atoms with Crippen molar-refractivity contribution in [3.63, 3.8) is 0 Å². The maximum absolute atomic E-state index is 11.5. The number of aryl methyl sites for hydroxylation is 1. The number of nitrogens with zero attached hydrogens (tertiary/aromatic N) is 1. The summed E-state index contributed by atoms with van der Waals surface area (Å²) in [7, 11) is 0. The molecule has 1 aromatic rings. The van der Waals surface area contributed by atoms with Gasteiger partial charge in [-0.1, -0.05) is 18.5 Å². The maximum atomic E-state index is 11.5. The summed E-state index contributed by atoms with van der Waals surface area (Å²) in [6.45, 7) is 3.81. The summed E-state index contributed by atoms with van der Waals surface area (Å²) in [5.74, 6) is 0.0243. The number of carbonyl (C=O) groups excluding carboxylic acids is 1. The molecule has 0 amide bonds. The third kappa shape index (κ3) is 2.52. The van der Waals surface area contributed by atoms with Crippen LogP contribution in [-0.4, -0.2) is 10.8 Å². The number of carbonyl (C=O) groups is 1. The van der Waals surface area contributed by atoms with Crippen molar-refractivity contribution in [1.29, 1.82) is 0 Å². The Morgan fingerprint density at radius 2 is 2.23 bits per heavy atom. The van der Waals surface area contributed by atoms with Gasteiger partial charge in [0.2, 0.25) is 0 Å². The normalized spacial score (nSPS) is 10.1. The van der Waals surface area contributed by atoms with Crippen LogP contribution < -0.4 is 0 Å². The Balaban J connectivity index is 2.99. The van der Waals surface area contributed by atoms with Crippen LogP contribution in [0, 0.1) is 6.92 Å². The van der Waals surface area contributed by atoms with E-state index in [0.29, 0.717) is 17.1 Å². The minimum atomic E-state index is 0.0243. The van der Waals surface area contributed by atoms with E-state index in [0.717, 1.165) is 12.1 Å². The number of rotatable bonds is 3. The lowest BCUT2D eigenvalue weighted by molar-refractivity contribution is 0.0977. The average Bonchev–Trinajstić information content (AvgIpc) is 2.09. The van der Waals surface area contributed by atoms with Gasteiger partial charge in [-0.15, -0.1) is 0 Å². The molecule has 0 aliphatic rings. The number of pyridine rings is 1. The number of halogens is 1. The van der Waals surface area contributed by atoms with Crippen LogP contribution in [-0.2, 0) is 0 Å². The zero-order valence-corrected chi connectivity index (χ0v) is 8.56. The van der Waals surface area contributed by atoms with Crippen molar-refractivity contribution in [3.05, 3.63) is 28.5 Å². The molecule has 0 aromatic carbocycles. The van der Waals surface area contributed by atoms with Crippen molar-refractivity contribution in [2.45, 2.75) is 26.7 Å². The van der Waals surface area contributed by atoms with Crippen LogP contribution in [0.1, 0.15) is 35.9 Å². The van der Waals surface area contributed by atoms with E-state index in [9.17, 15) is 4.79 Å². The van der Waals surface area contributed by atoms with E-state index in [-0.39, 0.29) is 5.78 Å². The van der Waals surface area contributed by atoms with E-state index >= 15 is 0 Å². The first kappa shape index (κ1) is 10.2. The van der Waals surface area contributed by atoms with E-state index in [1.54, 1.807) is 12.1 Å². The first-order valence-corrected chi connectivity index (χ1v) is 4.69. The summed E-state index contributed by atoms with van der Waals surface area (Å²) < 4.78 is 0. The largest absolute Gasteiger partial charge is 0.292 e. The zero-order chi connectivity index (χ0) is 9.84. The van der Waals surface area contributed by atoms with Gasteiger partial charge in [0.25, 0.3) is 0 Å². The molecule has 1 aromatic heterocycles. The van der Waals surface area contributed by atoms with Gasteiger partial charge in [-0.05, 0) is 25.5 Å². The molecule has 3 heteroatoms. The summed E-state index contributed by atoms with van der Waals surface area (Å²) in [4.78, 5) is 15.6. The van der Waals surface area contributed by atoms with Crippen LogP contribution in [0.5, 0.6) is 0 Å². The SMILES string of the molecule is CCCC(=O)c1nc(C)ccc1Cl. The van der Waals surface area contributed by atoms with E-state index in [1.165, 1.54) is 0 Å². The number of hydrogen-bond donors (Lipinski definition) is 0. The Hall–Kier alpha value is -0.890. The highest BCUT2D eigenvalue weighted by molar-refractivity contribution is 6.33. The predicted octanol–water partition coefficient (Wildman–Crippen LogP) is 3.03. The van der Waals surface area contributed by atoms with Crippen molar-refractivity contribution in [2.75, 3.05) is 0 Å². The van der Waals surface area contributed by atoms with Gasteiger partial charge in [-0.3, -0.25) is 4.79 Å². The third-order valence-corrected chi connectivity index (χ3v) is 2.03. The lowest BCUT2D eigenvalue weighted by Crippen LogP contribution is -2.03. The number of hydrogen-bond acceptors (Lipinski definition) is 2. The first-order valence-electron chi connectivity index (χ1n) is 4.31. The van der Waals surface area contributed by atoms with Crippen molar-refractivity contribution in [3.8, 4) is 0 Å². The molecule has 0 fully saturated rings. The highest BCUT2D eigenvalue weighted by atomic mass is 35.5. The van der Waals surface area contributed by atoms with Crippen molar-refractivity contribution < 1.29 is 4.79 Å². The third-order valence-electron chi connectivity index (χ3n) is 1.73. The van der Waals surface area contributed by atoms with Crippen LogP contribution in [0.3, 0.4) is 0 Å². The zero-order valence-electron chi connectivity index (χ0n) is 7.80. The molecule has 0 bridgehead atoms. The van der Waals surface area contributed by atoms with Crippen molar-refractivity contribution in [2.24, 2.45) is 0 Å². The smallest absolute Gasteiger partial charge is 0.182 e. The molecular weight excluding hydrogens is 186 g/mol. The molecule has 0 saturated carbocycles. The molecule has 0 saturated heterocycles. The summed E-state index contributed by atoms with van der Waals surface area (Å²) in [6, 6.07) is 3.51. The molecule has 70 valence electrons. The summed E-state index contributed by atoms with van der Waals surface area (Å²) >= 11 is 5.84. The molecular formula is C10H12ClNO. The molecule has 0 aliphatic carbocycles. The van der Waals surface area contributed by atoms with Crippen molar-refractivity contribution >= 4 is 17.4 Å². The topological polar surface area (TPSA) is 30.0 Å². The fraction of sp³-hybridized carbons (Fsp3) is 0.400. The van der Waals surface area contributed by atoms with Crippen LogP contribution in [0.15, 0.2) is 12.1 Å². The summed E-state index contributed by atoms with van der Waals surface area (Å²) in [5, 5.41) is 0.448. The van der Waals surface area contributed by atoms with E-state index in [1.807, 2.05) is 13.8 Å². The van der Waals surface area contributed by atoms with Crippen LogP contribution in [0.4, 0.5) is 0 Å². The van der Waals surface area contributed by atoms with Gasteiger partial charge in [0, 0.05) is 12.1 Å². The molecule has 0 unspecified atom stereocenters. The Labute approximate surface area is 82.9 Å². The van der Waals surface area contributed by atoms with Crippen LogP contribution in [0.2, 0.25) is 5.02 Å². The monoisotopic (exact) mass is 197 g/mol.